The van der Waals surface area contributed by atoms with Gasteiger partial charge in [-0.15, -0.1) is 11.3 Å². The highest BCUT2D eigenvalue weighted by Gasteiger charge is 2.37. The van der Waals surface area contributed by atoms with Crippen molar-refractivity contribution >= 4 is 27.4 Å². The van der Waals surface area contributed by atoms with Gasteiger partial charge in [0.2, 0.25) is 0 Å². The van der Waals surface area contributed by atoms with Gasteiger partial charge < -0.3 is 14.2 Å². The van der Waals surface area contributed by atoms with Gasteiger partial charge in [-0.3, -0.25) is 0 Å². The Labute approximate surface area is 158 Å². The van der Waals surface area contributed by atoms with Crippen LogP contribution in [-0.4, -0.2) is 30.3 Å². The van der Waals surface area contributed by atoms with Crippen molar-refractivity contribution in [2.45, 2.75) is 32.4 Å². The molecule has 0 aliphatic rings. The number of benzene rings is 1. The molecule has 27 heavy (non-hydrogen) atoms. The summed E-state index contributed by atoms with van der Waals surface area (Å²) >= 11 is 1.51. The van der Waals surface area contributed by atoms with Gasteiger partial charge in [0.25, 0.3) is 0 Å². The van der Waals surface area contributed by atoms with Crippen molar-refractivity contribution in [2.24, 2.45) is 0 Å². The first-order valence-corrected chi connectivity index (χ1v) is 9.43. The molecule has 0 spiro atoms. The Balaban J connectivity index is 1.71. The molecular formula is C18H19F3N3O2S. The van der Waals surface area contributed by atoms with Crippen LogP contribution in [0.2, 0.25) is 0 Å². The Morgan fingerprint density at radius 3 is 2.81 bits per heavy atom. The van der Waals surface area contributed by atoms with Crippen LogP contribution < -0.4 is 9.64 Å². The van der Waals surface area contributed by atoms with Gasteiger partial charge in [0.05, 0.1) is 12.0 Å². The standard InChI is InChI=1S/C18H19F3N3O2S/c1-3-5-12-14(25-10-4-9-24(2)17-22-8-11-27-17)7-6-13-15(12)26-23-16(13)18(19,20)21/h6-7,11H,3-5,9-10H2,1-2H3. The lowest BCUT2D eigenvalue weighted by molar-refractivity contribution is -0.141. The van der Waals surface area contributed by atoms with Crippen LogP contribution in [0.25, 0.3) is 11.0 Å². The minimum Gasteiger partial charge on any atom is -0.493 e. The minimum atomic E-state index is -4.55. The third-order valence-electron chi connectivity index (χ3n) is 4.07. The van der Waals surface area contributed by atoms with E-state index in [1.807, 2.05) is 18.9 Å². The van der Waals surface area contributed by atoms with Crippen molar-refractivity contribution in [1.29, 1.82) is 0 Å². The lowest BCUT2D eigenvalue weighted by Gasteiger charge is -2.16. The molecule has 0 atom stereocenters. The molecule has 0 aliphatic heterocycles. The largest absolute Gasteiger partial charge is 0.493 e. The zero-order chi connectivity index (χ0) is 19.4. The Bertz CT molecular complexity index is 878. The first-order chi connectivity index (χ1) is 12.9. The van der Waals surface area contributed by atoms with Crippen molar-refractivity contribution in [1.82, 2.24) is 10.1 Å². The number of anilines is 1. The van der Waals surface area contributed by atoms with E-state index in [0.29, 0.717) is 24.3 Å². The van der Waals surface area contributed by atoms with Gasteiger partial charge >= 0.3 is 6.18 Å². The molecule has 0 unspecified atom stereocenters. The van der Waals surface area contributed by atoms with Crippen molar-refractivity contribution in [3.8, 4) is 5.75 Å². The van der Waals surface area contributed by atoms with E-state index in [1.165, 1.54) is 17.4 Å². The fraction of sp³-hybridized carbons (Fsp3) is 0.444. The molecule has 0 aliphatic carbocycles. The maximum Gasteiger partial charge on any atom is 0.437 e. The molecule has 3 aromatic rings. The summed E-state index contributed by atoms with van der Waals surface area (Å²) in [6.07, 6.45) is 0.271. The van der Waals surface area contributed by atoms with E-state index >= 15 is 0 Å². The number of nitrogens with zero attached hydrogens (tertiary/aromatic N) is 3. The molecule has 5 nitrogen and oxygen atoms in total. The predicted molar refractivity (Wildman–Crippen MR) is 97.3 cm³/mol. The van der Waals surface area contributed by atoms with E-state index in [4.69, 9.17) is 9.26 Å². The number of aromatic nitrogens is 2. The summed E-state index contributed by atoms with van der Waals surface area (Å²) in [4.78, 5) is 6.12. The molecular weight excluding hydrogens is 379 g/mol. The number of hydrogen-bond acceptors (Lipinski definition) is 6. The van der Waals surface area contributed by atoms with E-state index in [2.05, 4.69) is 16.3 Å². The van der Waals surface area contributed by atoms with Gasteiger partial charge in [-0.05, 0) is 25.0 Å². The molecule has 0 N–H and O–H groups in total. The van der Waals surface area contributed by atoms with Gasteiger partial charge in [-0.25, -0.2) is 4.98 Å². The summed E-state index contributed by atoms with van der Waals surface area (Å²) in [6.45, 7) is 3.12. The lowest BCUT2D eigenvalue weighted by Crippen LogP contribution is -2.20. The first-order valence-electron chi connectivity index (χ1n) is 8.55. The number of ether oxygens (including phenoxy) is 1. The number of hydrogen-bond donors (Lipinski definition) is 0. The maximum atomic E-state index is 13.0. The third kappa shape index (κ3) is 4.35. The second-order valence-corrected chi connectivity index (χ2v) is 6.92. The quantitative estimate of drug-likeness (QED) is 0.502. The number of halogens is 3. The summed E-state index contributed by atoms with van der Waals surface area (Å²) in [6, 6.07) is 2.93. The maximum absolute atomic E-state index is 13.0. The zero-order valence-corrected chi connectivity index (χ0v) is 15.8. The molecule has 2 heterocycles. The van der Waals surface area contributed by atoms with Crippen molar-refractivity contribution in [3.63, 3.8) is 0 Å². The highest BCUT2D eigenvalue weighted by atomic mass is 32.1. The first kappa shape index (κ1) is 19.5. The summed E-state index contributed by atoms with van der Waals surface area (Å²) in [5.74, 6) is 0.541. The molecule has 3 rings (SSSR count). The van der Waals surface area contributed by atoms with Crippen LogP contribution in [0, 0.1) is 6.20 Å². The summed E-state index contributed by atoms with van der Waals surface area (Å²) < 4.78 is 50.0. The molecule has 2 aromatic heterocycles. The Morgan fingerprint density at radius 2 is 2.15 bits per heavy atom. The topological polar surface area (TPSA) is 51.4 Å². The molecule has 0 fully saturated rings. The summed E-state index contributed by atoms with van der Waals surface area (Å²) in [5.41, 5.74) is -0.221. The van der Waals surface area contributed by atoms with Crippen LogP contribution in [0.4, 0.5) is 18.3 Å². The fourth-order valence-corrected chi connectivity index (χ4v) is 3.40. The molecule has 1 aromatic carbocycles. The van der Waals surface area contributed by atoms with Crippen molar-refractivity contribution < 1.29 is 22.4 Å². The average molecular weight is 398 g/mol. The van der Waals surface area contributed by atoms with Crippen LogP contribution in [0.3, 0.4) is 0 Å². The number of fused-ring (bicyclic) bond motifs is 1. The van der Waals surface area contributed by atoms with Crippen LogP contribution in [0.15, 0.2) is 22.0 Å². The number of rotatable bonds is 8. The average Bonchev–Trinajstić information content (AvgIpc) is 3.29. The molecule has 0 bridgehead atoms. The summed E-state index contributed by atoms with van der Waals surface area (Å²) in [7, 11) is 1.94. The van der Waals surface area contributed by atoms with E-state index in [0.717, 1.165) is 24.5 Å². The molecule has 9 heteroatoms. The second kappa shape index (κ2) is 8.16. The highest BCUT2D eigenvalue weighted by molar-refractivity contribution is 7.13. The lowest BCUT2D eigenvalue weighted by atomic mass is 10.0. The van der Waals surface area contributed by atoms with Gasteiger partial charge in [-0.1, -0.05) is 18.5 Å². The van der Waals surface area contributed by atoms with Crippen LogP contribution in [-0.2, 0) is 12.6 Å². The van der Waals surface area contributed by atoms with Crippen molar-refractivity contribution in [3.05, 3.63) is 35.0 Å². The van der Waals surface area contributed by atoms with E-state index in [-0.39, 0.29) is 11.0 Å². The van der Waals surface area contributed by atoms with Crippen LogP contribution >= 0.6 is 11.3 Å². The number of thiazole rings is 1. The second-order valence-electron chi connectivity index (χ2n) is 6.08. The molecule has 0 saturated carbocycles. The smallest absolute Gasteiger partial charge is 0.437 e. The minimum absolute atomic E-state index is 0.0296. The van der Waals surface area contributed by atoms with E-state index < -0.39 is 11.9 Å². The fourth-order valence-electron chi connectivity index (χ4n) is 2.81. The van der Waals surface area contributed by atoms with Gasteiger partial charge in [0.1, 0.15) is 11.9 Å². The number of aryl methyl sites for hydroxylation is 1. The Hall–Kier alpha value is -2.29. The molecule has 1 radical (unpaired) electrons. The molecule has 0 saturated heterocycles. The molecule has 145 valence electrons. The molecule has 0 amide bonds. The Kier molecular flexibility index (Phi) is 5.88. The Morgan fingerprint density at radius 1 is 1.33 bits per heavy atom. The monoisotopic (exact) mass is 398 g/mol. The highest BCUT2D eigenvalue weighted by Crippen LogP contribution is 2.38. The van der Waals surface area contributed by atoms with Crippen LogP contribution in [0.5, 0.6) is 5.75 Å². The number of alkyl halides is 3. The van der Waals surface area contributed by atoms with Crippen molar-refractivity contribution in [2.75, 3.05) is 25.1 Å². The van der Waals surface area contributed by atoms with Gasteiger partial charge in [0.15, 0.2) is 16.4 Å². The van der Waals surface area contributed by atoms with Gasteiger partial charge in [0, 0.05) is 24.5 Å². The van der Waals surface area contributed by atoms with Gasteiger partial charge in [-0.2, -0.15) is 13.2 Å². The SMILES string of the molecule is CCCc1c(OCCCN(C)c2n[c]cs2)ccc2c(C(F)(F)F)noc12. The predicted octanol–water partition coefficient (Wildman–Crippen LogP) is 4.96. The van der Waals surface area contributed by atoms with E-state index in [9.17, 15) is 13.2 Å². The van der Waals surface area contributed by atoms with Crippen LogP contribution in [0.1, 0.15) is 31.0 Å². The normalized spacial score (nSPS) is 11.9. The zero-order valence-electron chi connectivity index (χ0n) is 15.0. The summed E-state index contributed by atoms with van der Waals surface area (Å²) in [5, 5.41) is 5.87. The third-order valence-corrected chi connectivity index (χ3v) is 4.91. The van der Waals surface area contributed by atoms with E-state index in [1.54, 1.807) is 11.4 Å².